The van der Waals surface area contributed by atoms with Gasteiger partial charge in [-0.05, 0) is 19.9 Å². The molecule has 25 heavy (non-hydrogen) atoms. The highest BCUT2D eigenvalue weighted by Gasteiger charge is 2.40. The van der Waals surface area contributed by atoms with E-state index in [4.69, 9.17) is 38.4 Å². The number of carbonyl (C=O) groups is 1. The van der Waals surface area contributed by atoms with Crippen molar-refractivity contribution in [1.82, 2.24) is 0 Å². The van der Waals surface area contributed by atoms with Gasteiger partial charge in [-0.15, -0.1) is 0 Å². The van der Waals surface area contributed by atoms with E-state index in [-0.39, 0.29) is 39.4 Å². The molecule has 1 aliphatic heterocycles. The van der Waals surface area contributed by atoms with E-state index in [0.29, 0.717) is 6.07 Å². The van der Waals surface area contributed by atoms with E-state index in [0.717, 1.165) is 0 Å². The zero-order chi connectivity index (χ0) is 18.9. The summed E-state index contributed by atoms with van der Waals surface area (Å²) in [7, 11) is 0. The maximum absolute atomic E-state index is 14.5. The van der Waals surface area contributed by atoms with Gasteiger partial charge in [0.25, 0.3) is 0 Å². The summed E-state index contributed by atoms with van der Waals surface area (Å²) in [5.74, 6) is -5.30. The van der Waals surface area contributed by atoms with E-state index < -0.39 is 29.1 Å². The molecule has 0 aromatic heterocycles. The minimum absolute atomic E-state index is 0.0174. The SMILES string of the molecule is CCOC(=O)C1=C(C)OC(N)=C(C#N)C1c1c(F)c(F)cc(Cl)c1Cl. The Kier molecular flexibility index (Phi) is 5.55. The van der Waals surface area contributed by atoms with Gasteiger partial charge < -0.3 is 15.2 Å². The van der Waals surface area contributed by atoms with Crippen LogP contribution in [0.15, 0.2) is 28.9 Å². The van der Waals surface area contributed by atoms with E-state index in [1.165, 1.54) is 6.92 Å². The molecule has 5 nitrogen and oxygen atoms in total. The molecule has 0 fully saturated rings. The Morgan fingerprint density at radius 3 is 2.68 bits per heavy atom. The largest absolute Gasteiger partial charge is 0.463 e. The standard InChI is InChI=1S/C16H12Cl2F2N2O3/c1-3-24-16(23)10-6(2)25-15(22)7(5-21)11(10)12-13(18)8(17)4-9(19)14(12)20/h4,11H,3,22H2,1-2H3. The number of nitrogens with two attached hydrogens (primary N) is 1. The minimum atomic E-state index is -1.42. The molecule has 0 saturated heterocycles. The van der Waals surface area contributed by atoms with Gasteiger partial charge in [0.15, 0.2) is 11.6 Å². The van der Waals surface area contributed by atoms with Gasteiger partial charge in [0.2, 0.25) is 5.88 Å². The van der Waals surface area contributed by atoms with Crippen LogP contribution in [0.4, 0.5) is 8.78 Å². The number of hydrogen-bond acceptors (Lipinski definition) is 5. The molecule has 2 N–H and O–H groups in total. The zero-order valence-corrected chi connectivity index (χ0v) is 14.6. The van der Waals surface area contributed by atoms with Crippen LogP contribution >= 0.6 is 23.2 Å². The van der Waals surface area contributed by atoms with E-state index in [1.807, 2.05) is 0 Å². The number of benzene rings is 1. The molecule has 2 rings (SSSR count). The van der Waals surface area contributed by atoms with Crippen LogP contribution in [-0.4, -0.2) is 12.6 Å². The first kappa shape index (κ1) is 19.0. The number of nitriles is 1. The highest BCUT2D eigenvalue weighted by molar-refractivity contribution is 6.42. The fraction of sp³-hybridized carbons (Fsp3) is 0.250. The van der Waals surface area contributed by atoms with Gasteiger partial charge in [-0.3, -0.25) is 0 Å². The van der Waals surface area contributed by atoms with Crippen LogP contribution in [0.1, 0.15) is 25.3 Å². The molecule has 0 radical (unpaired) electrons. The fourth-order valence-electron chi connectivity index (χ4n) is 2.49. The Balaban J connectivity index is 2.83. The van der Waals surface area contributed by atoms with Gasteiger partial charge in [0.1, 0.15) is 17.4 Å². The summed E-state index contributed by atoms with van der Waals surface area (Å²) in [5, 5.41) is 8.77. The van der Waals surface area contributed by atoms with Crippen LogP contribution in [0.25, 0.3) is 0 Å². The lowest BCUT2D eigenvalue weighted by molar-refractivity contribution is -0.139. The monoisotopic (exact) mass is 388 g/mol. The molecule has 9 heteroatoms. The number of nitrogens with zero attached hydrogens (tertiary/aromatic N) is 1. The van der Waals surface area contributed by atoms with Crippen molar-refractivity contribution >= 4 is 29.2 Å². The van der Waals surface area contributed by atoms with Gasteiger partial charge >= 0.3 is 5.97 Å². The maximum atomic E-state index is 14.5. The fourth-order valence-corrected chi connectivity index (χ4v) is 2.93. The van der Waals surface area contributed by atoms with Gasteiger partial charge in [0.05, 0.1) is 28.1 Å². The topological polar surface area (TPSA) is 85.3 Å². The molecule has 0 spiro atoms. The van der Waals surface area contributed by atoms with Crippen molar-refractivity contribution in [1.29, 1.82) is 5.26 Å². The van der Waals surface area contributed by atoms with Crippen LogP contribution in [0.3, 0.4) is 0 Å². The number of allylic oxidation sites excluding steroid dienone is 2. The van der Waals surface area contributed by atoms with Crippen molar-refractivity contribution in [2.45, 2.75) is 19.8 Å². The molecule has 0 amide bonds. The molecule has 0 bridgehead atoms. The van der Waals surface area contributed by atoms with E-state index in [9.17, 15) is 18.8 Å². The Labute approximate surface area is 152 Å². The molecule has 0 aliphatic carbocycles. The third kappa shape index (κ3) is 3.28. The summed E-state index contributed by atoms with van der Waals surface area (Å²) >= 11 is 11.9. The van der Waals surface area contributed by atoms with Gasteiger partial charge in [-0.1, -0.05) is 23.2 Å². The Bertz CT molecular complexity index is 834. The number of hydrogen-bond donors (Lipinski definition) is 1. The van der Waals surface area contributed by atoms with Crippen molar-refractivity contribution in [2.24, 2.45) is 5.73 Å². The number of ether oxygens (including phenoxy) is 2. The number of halogens is 4. The van der Waals surface area contributed by atoms with Crippen molar-refractivity contribution in [2.75, 3.05) is 6.61 Å². The highest BCUT2D eigenvalue weighted by atomic mass is 35.5. The summed E-state index contributed by atoms with van der Waals surface area (Å²) in [6, 6.07) is 2.44. The third-order valence-corrected chi connectivity index (χ3v) is 4.34. The van der Waals surface area contributed by atoms with Crippen molar-refractivity contribution in [3.63, 3.8) is 0 Å². The number of rotatable bonds is 3. The lowest BCUT2D eigenvalue weighted by Gasteiger charge is -2.27. The molecule has 1 aliphatic rings. The summed E-state index contributed by atoms with van der Waals surface area (Å²) in [5.41, 5.74) is 4.67. The predicted octanol–water partition coefficient (Wildman–Crippen LogP) is 3.92. The average molecular weight is 389 g/mol. The summed E-state index contributed by atoms with van der Waals surface area (Å²) in [6.07, 6.45) is 0. The second kappa shape index (κ2) is 7.30. The van der Waals surface area contributed by atoms with Crippen LogP contribution in [0.2, 0.25) is 10.0 Å². The quantitative estimate of drug-likeness (QED) is 0.626. The molecule has 1 unspecified atom stereocenters. The second-order valence-corrected chi connectivity index (χ2v) is 5.78. The second-order valence-electron chi connectivity index (χ2n) is 5.00. The molecule has 0 saturated carbocycles. The molecule has 1 atom stereocenters. The Morgan fingerprint density at radius 2 is 2.12 bits per heavy atom. The lowest BCUT2D eigenvalue weighted by Crippen LogP contribution is -2.26. The minimum Gasteiger partial charge on any atom is -0.463 e. The molecule has 1 heterocycles. The summed E-state index contributed by atoms with van der Waals surface area (Å²) in [6.45, 7) is 2.96. The zero-order valence-electron chi connectivity index (χ0n) is 13.1. The molecule has 132 valence electrons. The molecule has 1 aromatic rings. The summed E-state index contributed by atoms with van der Waals surface area (Å²) < 4.78 is 38.5. The molecular formula is C16H12Cl2F2N2O3. The maximum Gasteiger partial charge on any atom is 0.338 e. The van der Waals surface area contributed by atoms with Crippen LogP contribution < -0.4 is 5.73 Å². The van der Waals surface area contributed by atoms with E-state index >= 15 is 0 Å². The van der Waals surface area contributed by atoms with Crippen LogP contribution in [0.5, 0.6) is 0 Å². The smallest absolute Gasteiger partial charge is 0.338 e. The Morgan fingerprint density at radius 1 is 1.48 bits per heavy atom. The third-order valence-electron chi connectivity index (χ3n) is 3.54. The normalized spacial score (nSPS) is 17.2. The van der Waals surface area contributed by atoms with Crippen LogP contribution in [-0.2, 0) is 14.3 Å². The van der Waals surface area contributed by atoms with Crippen LogP contribution in [0, 0.1) is 23.0 Å². The Hall–Kier alpha value is -2.30. The number of esters is 1. The predicted molar refractivity (Wildman–Crippen MR) is 86.4 cm³/mol. The van der Waals surface area contributed by atoms with Crippen molar-refractivity contribution in [3.05, 3.63) is 56.1 Å². The molecule has 1 aromatic carbocycles. The molecular weight excluding hydrogens is 377 g/mol. The first-order valence-corrected chi connectivity index (χ1v) is 7.78. The lowest BCUT2D eigenvalue weighted by atomic mass is 9.82. The first-order valence-electron chi connectivity index (χ1n) is 7.02. The van der Waals surface area contributed by atoms with Crippen molar-refractivity contribution < 1.29 is 23.0 Å². The van der Waals surface area contributed by atoms with Gasteiger partial charge in [-0.2, -0.15) is 5.26 Å². The van der Waals surface area contributed by atoms with Gasteiger partial charge in [-0.25, -0.2) is 13.6 Å². The average Bonchev–Trinajstić information content (AvgIpc) is 2.53. The van der Waals surface area contributed by atoms with Gasteiger partial charge in [0, 0.05) is 5.56 Å². The summed E-state index contributed by atoms with van der Waals surface area (Å²) in [4.78, 5) is 12.3. The number of carbonyl (C=O) groups excluding carboxylic acids is 1. The van der Waals surface area contributed by atoms with E-state index in [1.54, 1.807) is 13.0 Å². The highest BCUT2D eigenvalue weighted by Crippen LogP contribution is 2.45. The van der Waals surface area contributed by atoms with Crippen molar-refractivity contribution in [3.8, 4) is 6.07 Å². The first-order chi connectivity index (χ1) is 11.7. The van der Waals surface area contributed by atoms with E-state index in [2.05, 4.69) is 0 Å².